The number of carboxylic acids is 1. The lowest BCUT2D eigenvalue weighted by molar-refractivity contribution is -0.115. The quantitative estimate of drug-likeness (QED) is 0.108. The van der Waals surface area contributed by atoms with Crippen molar-refractivity contribution in [3.63, 3.8) is 0 Å². The molecule has 4 aromatic carbocycles. The van der Waals surface area contributed by atoms with E-state index in [0.717, 1.165) is 4.90 Å². The highest BCUT2D eigenvalue weighted by molar-refractivity contribution is 8.00. The first-order chi connectivity index (χ1) is 20.6. The van der Waals surface area contributed by atoms with Crippen LogP contribution in [-0.2, 0) is 9.59 Å². The maximum Gasteiger partial charge on any atom is 0.335 e. The van der Waals surface area contributed by atoms with E-state index in [1.807, 2.05) is 0 Å². The van der Waals surface area contributed by atoms with Gasteiger partial charge in [-0.1, -0.05) is 59.6 Å². The number of anilines is 2. The van der Waals surface area contributed by atoms with Crippen molar-refractivity contribution < 1.29 is 24.3 Å². The summed E-state index contributed by atoms with van der Waals surface area (Å²) in [6.45, 7) is 1.70. The van der Waals surface area contributed by atoms with Gasteiger partial charge in [0.25, 0.3) is 11.8 Å². The molecule has 8 nitrogen and oxygen atoms in total. The number of halogens is 2. The monoisotopic (exact) mass is 633 g/mol. The zero-order valence-corrected chi connectivity index (χ0v) is 25.0. The Balaban J connectivity index is 1.43. The van der Waals surface area contributed by atoms with Crippen molar-refractivity contribution in [1.82, 2.24) is 5.32 Å². The lowest BCUT2D eigenvalue weighted by atomic mass is 10.1. The molecule has 11 heteroatoms. The Morgan fingerprint density at radius 2 is 1.47 bits per heavy atom. The van der Waals surface area contributed by atoms with Crippen molar-refractivity contribution in [1.29, 1.82) is 0 Å². The van der Waals surface area contributed by atoms with Gasteiger partial charge >= 0.3 is 5.97 Å². The molecule has 43 heavy (non-hydrogen) atoms. The highest BCUT2D eigenvalue weighted by Gasteiger charge is 2.18. The molecule has 0 bridgehead atoms. The summed E-state index contributed by atoms with van der Waals surface area (Å²) in [5.74, 6) is -2.51. The number of rotatable bonds is 10. The Morgan fingerprint density at radius 1 is 0.791 bits per heavy atom. The van der Waals surface area contributed by atoms with Crippen LogP contribution >= 0.6 is 35.0 Å². The molecular formula is C32H25Cl2N3O5S. The molecule has 0 radical (unpaired) electrons. The first-order valence-electron chi connectivity index (χ1n) is 12.8. The third kappa shape index (κ3) is 8.71. The molecule has 0 spiro atoms. The third-order valence-electron chi connectivity index (χ3n) is 6.00. The topological polar surface area (TPSA) is 125 Å². The Morgan fingerprint density at radius 3 is 2.14 bits per heavy atom. The van der Waals surface area contributed by atoms with Gasteiger partial charge in [-0.15, -0.1) is 11.8 Å². The van der Waals surface area contributed by atoms with Crippen LogP contribution in [0.2, 0.25) is 10.0 Å². The number of hydrogen-bond donors (Lipinski definition) is 4. The normalized spacial score (nSPS) is 11.7. The van der Waals surface area contributed by atoms with Crippen LogP contribution in [0.3, 0.4) is 0 Å². The SMILES string of the molecule is CC(Sc1ccc(NC(=O)/C(=C/c2ccccc2Cl)NC(=O)c2ccccc2)cc1)C(=O)Nc1cc(C(=O)O)ccc1Cl. The van der Waals surface area contributed by atoms with Crippen molar-refractivity contribution in [2.45, 2.75) is 17.1 Å². The number of hydrogen-bond acceptors (Lipinski definition) is 5. The van der Waals surface area contributed by atoms with Gasteiger partial charge in [0.2, 0.25) is 5.91 Å². The van der Waals surface area contributed by atoms with Gasteiger partial charge in [0, 0.05) is 21.2 Å². The Bertz CT molecular complexity index is 1700. The van der Waals surface area contributed by atoms with Crippen LogP contribution in [0.15, 0.2) is 108 Å². The van der Waals surface area contributed by atoms with Gasteiger partial charge in [0.15, 0.2) is 0 Å². The smallest absolute Gasteiger partial charge is 0.335 e. The number of carbonyl (C=O) groups excluding carboxylic acids is 3. The third-order valence-corrected chi connectivity index (χ3v) is 7.79. The number of carboxylic acid groups (broad SMARTS) is 1. The van der Waals surface area contributed by atoms with Crippen LogP contribution in [0, 0.1) is 0 Å². The first kappa shape index (κ1) is 31.4. The van der Waals surface area contributed by atoms with Crippen LogP contribution < -0.4 is 16.0 Å². The van der Waals surface area contributed by atoms with Crippen molar-refractivity contribution in [3.8, 4) is 0 Å². The summed E-state index contributed by atoms with van der Waals surface area (Å²) in [5, 5.41) is 17.4. The molecule has 218 valence electrons. The molecule has 4 rings (SSSR count). The molecule has 0 aliphatic rings. The van der Waals surface area contributed by atoms with Crippen molar-refractivity contribution in [3.05, 3.63) is 129 Å². The molecule has 0 aliphatic heterocycles. The van der Waals surface area contributed by atoms with Gasteiger partial charge < -0.3 is 21.1 Å². The Kier molecular flexibility index (Phi) is 10.6. The van der Waals surface area contributed by atoms with Crippen LogP contribution in [0.25, 0.3) is 6.08 Å². The molecule has 4 N–H and O–H groups in total. The van der Waals surface area contributed by atoms with E-state index in [0.29, 0.717) is 21.8 Å². The molecule has 0 saturated carbocycles. The van der Waals surface area contributed by atoms with Gasteiger partial charge in [-0.2, -0.15) is 0 Å². The van der Waals surface area contributed by atoms with Crippen molar-refractivity contribution in [2.75, 3.05) is 10.6 Å². The average Bonchev–Trinajstić information content (AvgIpc) is 3.00. The number of thioether (sulfide) groups is 1. The lowest BCUT2D eigenvalue weighted by Gasteiger charge is -2.14. The Hall–Kier alpha value is -4.57. The second-order valence-electron chi connectivity index (χ2n) is 9.13. The molecule has 0 fully saturated rings. The number of nitrogens with one attached hydrogen (secondary N) is 3. The standard InChI is InChI=1S/C32H25Cl2N3O5S/c1-19(29(38)36-27-18-22(32(41)42)11-16-26(27)34)43-24-14-12-23(13-15-24)35-31(40)28(17-21-9-5-6-10-25(21)33)37-30(39)20-7-3-2-4-8-20/h2-19H,1H3,(H,35,40)(H,36,38)(H,37,39)(H,41,42)/b28-17-. The van der Waals surface area contributed by atoms with Crippen LogP contribution in [-0.4, -0.2) is 34.0 Å². The summed E-state index contributed by atoms with van der Waals surface area (Å²) in [5.41, 5.74) is 1.60. The van der Waals surface area contributed by atoms with Crippen molar-refractivity contribution in [2.24, 2.45) is 0 Å². The number of carbonyl (C=O) groups is 4. The van der Waals surface area contributed by atoms with E-state index in [4.69, 9.17) is 23.2 Å². The van der Waals surface area contributed by atoms with Gasteiger partial charge in [0.1, 0.15) is 5.70 Å². The predicted octanol–water partition coefficient (Wildman–Crippen LogP) is 7.22. The van der Waals surface area contributed by atoms with E-state index >= 15 is 0 Å². The molecule has 1 atom stereocenters. The van der Waals surface area contributed by atoms with Gasteiger partial charge in [-0.05, 0) is 79.2 Å². The minimum Gasteiger partial charge on any atom is -0.478 e. The van der Waals surface area contributed by atoms with Crippen LogP contribution in [0.5, 0.6) is 0 Å². The zero-order chi connectivity index (χ0) is 30.9. The number of aromatic carboxylic acids is 1. The summed E-state index contributed by atoms with van der Waals surface area (Å²) >= 11 is 13.7. The fourth-order valence-corrected chi connectivity index (χ4v) is 4.97. The molecule has 0 aliphatic carbocycles. The van der Waals surface area contributed by atoms with Crippen LogP contribution in [0.4, 0.5) is 11.4 Å². The van der Waals surface area contributed by atoms with Crippen LogP contribution in [0.1, 0.15) is 33.2 Å². The summed E-state index contributed by atoms with van der Waals surface area (Å²) in [7, 11) is 0. The number of amides is 3. The van der Waals surface area contributed by atoms with E-state index in [-0.39, 0.29) is 27.9 Å². The summed E-state index contributed by atoms with van der Waals surface area (Å²) in [6.07, 6.45) is 1.50. The molecule has 0 aromatic heterocycles. The average molecular weight is 635 g/mol. The van der Waals surface area contributed by atoms with E-state index in [1.54, 1.807) is 85.8 Å². The summed E-state index contributed by atoms with van der Waals surface area (Å²) in [6, 6.07) is 26.3. The minimum atomic E-state index is -1.13. The summed E-state index contributed by atoms with van der Waals surface area (Å²) < 4.78 is 0. The highest BCUT2D eigenvalue weighted by Crippen LogP contribution is 2.28. The molecule has 0 saturated heterocycles. The second kappa shape index (κ2) is 14.6. The summed E-state index contributed by atoms with van der Waals surface area (Å²) in [4.78, 5) is 50.9. The van der Waals surface area contributed by atoms with Gasteiger partial charge in [0.05, 0.1) is 21.5 Å². The number of benzene rings is 4. The van der Waals surface area contributed by atoms with E-state index in [9.17, 15) is 24.3 Å². The molecule has 4 aromatic rings. The molecule has 3 amide bonds. The fraction of sp³-hybridized carbons (Fsp3) is 0.0625. The predicted molar refractivity (Wildman–Crippen MR) is 171 cm³/mol. The first-order valence-corrected chi connectivity index (χ1v) is 14.5. The molecule has 0 heterocycles. The second-order valence-corrected chi connectivity index (χ2v) is 11.4. The highest BCUT2D eigenvalue weighted by atomic mass is 35.5. The largest absolute Gasteiger partial charge is 0.478 e. The van der Waals surface area contributed by atoms with E-state index < -0.39 is 23.0 Å². The van der Waals surface area contributed by atoms with Gasteiger partial charge in [-0.25, -0.2) is 4.79 Å². The maximum atomic E-state index is 13.3. The Labute approximate surface area is 262 Å². The maximum absolute atomic E-state index is 13.3. The van der Waals surface area contributed by atoms with Crippen molar-refractivity contribution >= 4 is 76.1 Å². The van der Waals surface area contributed by atoms with E-state index in [1.165, 1.54) is 36.0 Å². The molecular weight excluding hydrogens is 609 g/mol. The lowest BCUT2D eigenvalue weighted by Crippen LogP contribution is -2.30. The zero-order valence-electron chi connectivity index (χ0n) is 22.6. The fourth-order valence-electron chi connectivity index (χ4n) is 3.75. The van der Waals surface area contributed by atoms with E-state index in [2.05, 4.69) is 16.0 Å². The van der Waals surface area contributed by atoms with Gasteiger partial charge in [-0.3, -0.25) is 14.4 Å². The minimum absolute atomic E-state index is 0.00198. The molecule has 1 unspecified atom stereocenters.